The Morgan fingerprint density at radius 1 is 0.825 bits per heavy atom. The summed E-state index contributed by atoms with van der Waals surface area (Å²) in [5, 5.41) is 25.8. The monoisotopic (exact) mass is 871 g/mol. The number of ether oxygens (including phenoxy) is 2. The molecule has 328 valence electrons. The molecule has 0 unspecified atom stereocenters. The van der Waals surface area contributed by atoms with Crippen LogP contribution in [0.15, 0.2) is 125 Å². The Bertz CT molecular complexity index is 2310. The smallest absolute Gasteiger partial charge is 0.407 e. The highest BCUT2D eigenvalue weighted by molar-refractivity contribution is 7.14. The van der Waals surface area contributed by atoms with Crippen molar-refractivity contribution < 1.29 is 33.8 Å². The number of fused-ring (bicyclic) bond motifs is 1. The van der Waals surface area contributed by atoms with Crippen molar-refractivity contribution in [1.82, 2.24) is 20.5 Å². The summed E-state index contributed by atoms with van der Waals surface area (Å²) in [4.78, 5) is 54.1. The second-order valence-electron chi connectivity index (χ2n) is 16.5. The van der Waals surface area contributed by atoms with E-state index in [0.717, 1.165) is 53.5 Å². The van der Waals surface area contributed by atoms with Gasteiger partial charge in [0.2, 0.25) is 17.6 Å². The van der Waals surface area contributed by atoms with E-state index in [9.17, 15) is 19.5 Å². The number of rotatable bonds is 14. The Morgan fingerprint density at radius 2 is 1.43 bits per heavy atom. The summed E-state index contributed by atoms with van der Waals surface area (Å²) in [5.74, 6) is -0.340. The number of benzene rings is 4. The van der Waals surface area contributed by atoms with E-state index in [4.69, 9.17) is 24.3 Å². The van der Waals surface area contributed by atoms with Crippen molar-refractivity contribution in [3.63, 3.8) is 0 Å². The number of carboxylic acids is 1. The van der Waals surface area contributed by atoms with Crippen molar-refractivity contribution >= 4 is 46.1 Å². The van der Waals surface area contributed by atoms with Gasteiger partial charge < -0.3 is 35.0 Å². The van der Waals surface area contributed by atoms with Crippen LogP contribution in [0.5, 0.6) is 5.75 Å². The molecule has 0 atom stereocenters. The number of nitrogens with zero attached hydrogens (tertiary/aromatic N) is 4. The van der Waals surface area contributed by atoms with Gasteiger partial charge >= 0.3 is 12.1 Å². The van der Waals surface area contributed by atoms with Gasteiger partial charge in [-0.25, -0.2) is 19.6 Å². The molecule has 14 nitrogen and oxygen atoms in total. The summed E-state index contributed by atoms with van der Waals surface area (Å²) in [6.45, 7) is 8.18. The second-order valence-corrected chi connectivity index (χ2v) is 17.4. The fraction of sp³-hybridized carbons (Fsp3) is 0.333. The van der Waals surface area contributed by atoms with Gasteiger partial charge in [0.05, 0.1) is 6.04 Å². The van der Waals surface area contributed by atoms with Gasteiger partial charge in [0.15, 0.2) is 11.7 Å². The van der Waals surface area contributed by atoms with Gasteiger partial charge in [-0.3, -0.25) is 10.1 Å². The van der Waals surface area contributed by atoms with Crippen molar-refractivity contribution in [1.29, 1.82) is 0 Å². The first-order valence-electron chi connectivity index (χ1n) is 21.0. The maximum absolute atomic E-state index is 12.4. The second kappa shape index (κ2) is 20.0. The average molecular weight is 872 g/mol. The summed E-state index contributed by atoms with van der Waals surface area (Å²) in [5.41, 5.74) is 3.51. The number of carbonyl (C=O) groups excluding carboxylic acids is 2. The van der Waals surface area contributed by atoms with E-state index in [0.29, 0.717) is 29.9 Å². The van der Waals surface area contributed by atoms with Crippen LogP contribution in [0.2, 0.25) is 0 Å². The van der Waals surface area contributed by atoms with Gasteiger partial charge in [-0.1, -0.05) is 102 Å². The predicted molar refractivity (Wildman–Crippen MR) is 243 cm³/mol. The minimum absolute atomic E-state index is 0.00284. The highest BCUT2D eigenvalue weighted by atomic mass is 32.1. The number of aromatic nitrogens is 1. The van der Waals surface area contributed by atoms with Crippen LogP contribution in [0.25, 0.3) is 0 Å². The van der Waals surface area contributed by atoms with Crippen LogP contribution in [-0.2, 0) is 37.8 Å². The number of guanidine groups is 1. The quantitative estimate of drug-likeness (QED) is 0.0281. The molecule has 15 heteroatoms. The number of thiazole rings is 1. The summed E-state index contributed by atoms with van der Waals surface area (Å²) in [6, 6.07) is 36.0. The third kappa shape index (κ3) is 11.4. The summed E-state index contributed by atoms with van der Waals surface area (Å²) < 4.78 is 11.4. The highest BCUT2D eigenvalue weighted by Gasteiger charge is 2.37. The summed E-state index contributed by atoms with van der Waals surface area (Å²) >= 11 is 1.28. The van der Waals surface area contributed by atoms with Crippen molar-refractivity contribution in [2.75, 3.05) is 18.5 Å². The number of carbonyl (C=O) groups is 3. The van der Waals surface area contributed by atoms with Crippen LogP contribution in [-0.4, -0.2) is 75.5 Å². The standard InChI is InChI=1S/C48H53N7O7S/c1-32(56)49-44(50-38-21-23-39(24-22-38)51-46(59)62-47(2,3)4)55-29-33-20-25-40(28-34(33)30-55)60-26-27-61-54-42(43(57)58)41-31-63-45(52-41)53-48(35-14-8-5-9-15-35,36-16-10-6-11-17-36)37-18-12-7-13-19-37/h5-20,25,28,31,38-39H,21-24,26-27,29-30H2,1-4H3,(H,51,59)(H,52,53)(H,57,58)(H,49,50,56)/b54-42-. The molecular weight excluding hydrogens is 819 g/mol. The molecule has 1 saturated carbocycles. The van der Waals surface area contributed by atoms with E-state index in [-0.39, 0.29) is 42.6 Å². The number of oxime groups is 1. The Kier molecular flexibility index (Phi) is 14.0. The van der Waals surface area contributed by atoms with Crippen LogP contribution in [0, 0.1) is 0 Å². The lowest BCUT2D eigenvalue weighted by molar-refractivity contribution is -0.129. The Labute approximate surface area is 371 Å². The molecule has 1 aliphatic carbocycles. The van der Waals surface area contributed by atoms with Gasteiger partial charge in [-0.15, -0.1) is 11.3 Å². The third-order valence-corrected chi connectivity index (χ3v) is 11.4. The third-order valence-electron chi connectivity index (χ3n) is 10.7. The minimum atomic E-state index is -1.28. The molecule has 1 aromatic heterocycles. The number of alkyl carbamates (subject to hydrolysis) is 1. The zero-order valence-corrected chi connectivity index (χ0v) is 36.7. The van der Waals surface area contributed by atoms with E-state index >= 15 is 0 Å². The molecule has 0 spiro atoms. The molecule has 2 amide bonds. The number of aliphatic carboxylic acids is 1. The molecule has 2 aliphatic rings. The number of carboxylic acid groups (broad SMARTS) is 1. The molecule has 0 bridgehead atoms. The van der Waals surface area contributed by atoms with E-state index in [2.05, 4.69) is 57.5 Å². The first-order valence-corrected chi connectivity index (χ1v) is 21.9. The molecule has 2 heterocycles. The number of aliphatic imine (C=N–C) groups is 1. The first kappa shape index (κ1) is 44.3. The van der Waals surface area contributed by atoms with Gasteiger partial charge in [0.1, 0.15) is 29.2 Å². The normalized spacial score (nSPS) is 16.7. The number of nitrogens with one attached hydrogen (secondary N) is 3. The van der Waals surface area contributed by atoms with E-state index in [1.54, 1.807) is 5.38 Å². The Morgan fingerprint density at radius 3 is 2.00 bits per heavy atom. The molecule has 4 N–H and O–H groups in total. The van der Waals surface area contributed by atoms with Gasteiger partial charge in [0.25, 0.3) is 0 Å². The van der Waals surface area contributed by atoms with Crippen LogP contribution < -0.4 is 20.7 Å². The lowest BCUT2D eigenvalue weighted by atomic mass is 9.77. The zero-order valence-electron chi connectivity index (χ0n) is 35.9. The van der Waals surface area contributed by atoms with Gasteiger partial charge in [-0.05, 0) is 86.4 Å². The maximum atomic E-state index is 12.4. The number of amides is 2. The van der Waals surface area contributed by atoms with Crippen molar-refractivity contribution in [2.24, 2.45) is 10.1 Å². The van der Waals surface area contributed by atoms with Crippen molar-refractivity contribution in [2.45, 2.75) is 89.7 Å². The number of hydrogen-bond acceptors (Lipinski definition) is 11. The fourth-order valence-corrected chi connectivity index (χ4v) is 8.59. The summed E-state index contributed by atoms with van der Waals surface area (Å²) in [7, 11) is 0. The van der Waals surface area contributed by atoms with E-state index < -0.39 is 23.2 Å². The molecule has 4 aromatic carbocycles. The molecule has 0 saturated heterocycles. The topological polar surface area (TPSA) is 176 Å². The fourth-order valence-electron chi connectivity index (χ4n) is 7.84. The summed E-state index contributed by atoms with van der Waals surface area (Å²) in [6.07, 6.45) is 2.64. The molecule has 1 aliphatic heterocycles. The predicted octanol–water partition coefficient (Wildman–Crippen LogP) is 8.08. The van der Waals surface area contributed by atoms with Crippen LogP contribution in [0.4, 0.5) is 9.93 Å². The van der Waals surface area contributed by atoms with Crippen molar-refractivity contribution in [3.8, 4) is 5.75 Å². The highest BCUT2D eigenvalue weighted by Crippen LogP contribution is 2.40. The lowest BCUT2D eigenvalue weighted by Gasteiger charge is -2.36. The average Bonchev–Trinajstić information content (AvgIpc) is 3.91. The molecule has 7 rings (SSSR count). The molecule has 1 fully saturated rings. The van der Waals surface area contributed by atoms with Crippen LogP contribution >= 0.6 is 11.3 Å². The van der Waals surface area contributed by atoms with E-state index in [1.807, 2.05) is 98.5 Å². The van der Waals surface area contributed by atoms with Crippen molar-refractivity contribution in [3.05, 3.63) is 148 Å². The Hall–Kier alpha value is -6.74. The minimum Gasteiger partial charge on any atom is -0.490 e. The van der Waals surface area contributed by atoms with Gasteiger partial charge in [-0.2, -0.15) is 0 Å². The molecular formula is C48H53N7O7S. The van der Waals surface area contributed by atoms with Crippen LogP contribution in [0.3, 0.4) is 0 Å². The SMILES string of the molecule is CC(=O)NC(=NC1CCC(NC(=O)OC(C)(C)C)CC1)N1Cc2ccc(OCCO/N=C(\C(=O)O)c3csc(NC(c4ccccc4)(c4ccccc4)c4ccccc4)n3)cc2C1. The number of hydrogen-bond donors (Lipinski definition) is 4. The largest absolute Gasteiger partial charge is 0.490 e. The van der Waals surface area contributed by atoms with E-state index in [1.165, 1.54) is 18.3 Å². The molecule has 0 radical (unpaired) electrons. The Balaban J connectivity index is 0.959. The zero-order chi connectivity index (χ0) is 44.4. The molecule has 5 aromatic rings. The van der Waals surface area contributed by atoms with Crippen LogP contribution in [0.1, 0.15) is 86.9 Å². The first-order chi connectivity index (χ1) is 30.4. The maximum Gasteiger partial charge on any atom is 0.407 e. The number of anilines is 1. The molecule has 63 heavy (non-hydrogen) atoms. The van der Waals surface area contributed by atoms with Gasteiger partial charge in [0, 0.05) is 31.4 Å². The lowest BCUT2D eigenvalue weighted by Crippen LogP contribution is -2.43.